The Hall–Kier alpha value is -1.44. The van der Waals surface area contributed by atoms with Gasteiger partial charge in [-0.3, -0.25) is 4.79 Å². The van der Waals surface area contributed by atoms with Gasteiger partial charge in [-0.25, -0.2) is 13.1 Å². The fraction of sp³-hybridized carbons (Fsp3) is 0.650. The van der Waals surface area contributed by atoms with E-state index in [-0.39, 0.29) is 10.8 Å². The molecule has 6 nitrogen and oxygen atoms in total. The SMILES string of the molecule is Cc1ccc(NC(=O)CC2CC3CCC(C2)N3)cc1S(=O)(=O)NC(C)(C)C. The topological polar surface area (TPSA) is 87.3 Å². The van der Waals surface area contributed by atoms with Crippen LogP contribution in [0.4, 0.5) is 5.69 Å². The molecule has 1 aromatic carbocycles. The summed E-state index contributed by atoms with van der Waals surface area (Å²) in [4.78, 5) is 12.7. The van der Waals surface area contributed by atoms with Gasteiger partial charge in [0.15, 0.2) is 0 Å². The molecule has 27 heavy (non-hydrogen) atoms. The molecule has 0 saturated carbocycles. The number of hydrogen-bond donors (Lipinski definition) is 3. The number of aryl methyl sites for hydroxylation is 1. The summed E-state index contributed by atoms with van der Waals surface area (Å²) in [5, 5.41) is 6.48. The summed E-state index contributed by atoms with van der Waals surface area (Å²) >= 11 is 0. The molecule has 2 atom stereocenters. The minimum Gasteiger partial charge on any atom is -0.326 e. The highest BCUT2D eigenvalue weighted by Gasteiger charge is 2.34. The first kappa shape index (κ1) is 20.3. The third-order valence-corrected chi connectivity index (χ3v) is 7.15. The smallest absolute Gasteiger partial charge is 0.241 e. The first-order chi connectivity index (χ1) is 12.5. The van der Waals surface area contributed by atoms with Gasteiger partial charge in [0.05, 0.1) is 4.90 Å². The molecular formula is C20H31N3O3S. The number of amides is 1. The largest absolute Gasteiger partial charge is 0.326 e. The summed E-state index contributed by atoms with van der Waals surface area (Å²) in [6.45, 7) is 7.17. The number of hydrogen-bond acceptors (Lipinski definition) is 4. The van der Waals surface area contributed by atoms with Crippen molar-refractivity contribution in [2.45, 2.75) is 82.3 Å². The van der Waals surface area contributed by atoms with E-state index in [0.717, 1.165) is 12.8 Å². The van der Waals surface area contributed by atoms with Crippen molar-refractivity contribution in [2.24, 2.45) is 5.92 Å². The lowest BCUT2D eigenvalue weighted by Gasteiger charge is -2.28. The molecule has 0 aromatic heterocycles. The molecule has 2 saturated heterocycles. The van der Waals surface area contributed by atoms with Crippen LogP contribution in [0, 0.1) is 12.8 Å². The van der Waals surface area contributed by atoms with Crippen LogP contribution in [-0.4, -0.2) is 31.9 Å². The van der Waals surface area contributed by atoms with E-state index in [9.17, 15) is 13.2 Å². The molecule has 3 rings (SSSR count). The highest BCUT2D eigenvalue weighted by atomic mass is 32.2. The van der Waals surface area contributed by atoms with Gasteiger partial charge in [0.1, 0.15) is 0 Å². The molecule has 2 fully saturated rings. The Morgan fingerprint density at radius 3 is 2.41 bits per heavy atom. The zero-order valence-corrected chi connectivity index (χ0v) is 17.4. The maximum Gasteiger partial charge on any atom is 0.241 e. The molecule has 2 aliphatic heterocycles. The monoisotopic (exact) mass is 393 g/mol. The molecule has 2 bridgehead atoms. The highest BCUT2D eigenvalue weighted by molar-refractivity contribution is 7.89. The lowest BCUT2D eigenvalue weighted by atomic mass is 9.89. The van der Waals surface area contributed by atoms with Crippen LogP contribution in [0.5, 0.6) is 0 Å². The molecule has 150 valence electrons. The number of fused-ring (bicyclic) bond motifs is 2. The Bertz CT molecular complexity index is 802. The van der Waals surface area contributed by atoms with Crippen LogP contribution in [0.1, 0.15) is 58.4 Å². The van der Waals surface area contributed by atoms with E-state index in [0.29, 0.717) is 35.7 Å². The highest BCUT2D eigenvalue weighted by Crippen LogP contribution is 2.33. The van der Waals surface area contributed by atoms with E-state index in [1.165, 1.54) is 12.8 Å². The second-order valence-corrected chi connectivity index (χ2v) is 10.7. The lowest BCUT2D eigenvalue weighted by molar-refractivity contribution is -0.117. The minimum atomic E-state index is -3.65. The second kappa shape index (κ2) is 7.53. The van der Waals surface area contributed by atoms with Gasteiger partial charge >= 0.3 is 0 Å². The van der Waals surface area contributed by atoms with Gasteiger partial charge in [0.25, 0.3) is 0 Å². The summed E-state index contributed by atoms with van der Waals surface area (Å²) < 4.78 is 28.0. The number of anilines is 1. The number of carbonyl (C=O) groups excluding carboxylic acids is 1. The minimum absolute atomic E-state index is 0.0442. The van der Waals surface area contributed by atoms with E-state index in [1.807, 2.05) is 0 Å². The van der Waals surface area contributed by atoms with Gasteiger partial charge in [0.2, 0.25) is 15.9 Å². The molecule has 2 aliphatic rings. The van der Waals surface area contributed by atoms with Crippen LogP contribution < -0.4 is 15.4 Å². The molecule has 2 unspecified atom stereocenters. The van der Waals surface area contributed by atoms with Gasteiger partial charge in [-0.05, 0) is 77.0 Å². The quantitative estimate of drug-likeness (QED) is 0.718. The number of piperidine rings is 1. The van der Waals surface area contributed by atoms with Crippen molar-refractivity contribution in [3.8, 4) is 0 Å². The average molecular weight is 394 g/mol. The molecule has 1 aromatic rings. The Balaban J connectivity index is 1.67. The van der Waals surface area contributed by atoms with Crippen molar-refractivity contribution >= 4 is 21.6 Å². The molecule has 3 N–H and O–H groups in total. The number of sulfonamides is 1. The van der Waals surface area contributed by atoms with Crippen molar-refractivity contribution in [3.63, 3.8) is 0 Å². The van der Waals surface area contributed by atoms with Crippen molar-refractivity contribution in [2.75, 3.05) is 5.32 Å². The predicted octanol–water partition coefficient (Wildman–Crippen LogP) is 2.93. The zero-order valence-electron chi connectivity index (χ0n) is 16.6. The number of rotatable bonds is 5. The van der Waals surface area contributed by atoms with Crippen LogP contribution in [0.2, 0.25) is 0 Å². The number of benzene rings is 1. The predicted molar refractivity (Wildman–Crippen MR) is 107 cm³/mol. The average Bonchev–Trinajstić information content (AvgIpc) is 2.85. The Morgan fingerprint density at radius 1 is 1.19 bits per heavy atom. The summed E-state index contributed by atoms with van der Waals surface area (Å²) in [6.07, 6.45) is 5.01. The Morgan fingerprint density at radius 2 is 1.81 bits per heavy atom. The van der Waals surface area contributed by atoms with Crippen LogP contribution in [0.25, 0.3) is 0 Å². The van der Waals surface area contributed by atoms with Gasteiger partial charge in [-0.15, -0.1) is 0 Å². The van der Waals surface area contributed by atoms with Crippen molar-refractivity contribution in [3.05, 3.63) is 23.8 Å². The molecule has 0 spiro atoms. The molecule has 2 heterocycles. The van der Waals surface area contributed by atoms with Crippen molar-refractivity contribution < 1.29 is 13.2 Å². The van der Waals surface area contributed by atoms with Crippen LogP contribution in [0.15, 0.2) is 23.1 Å². The number of nitrogens with one attached hydrogen (secondary N) is 3. The standard InChI is InChI=1S/C20H31N3O3S/c1-13-5-6-17(12-18(13)27(25,26)23-20(2,3)4)22-19(24)11-14-9-15-7-8-16(10-14)21-15/h5-6,12,14-16,21,23H,7-11H2,1-4H3,(H,22,24). The van der Waals surface area contributed by atoms with Crippen molar-refractivity contribution in [1.82, 2.24) is 10.0 Å². The molecule has 0 radical (unpaired) electrons. The van der Waals surface area contributed by atoms with E-state index >= 15 is 0 Å². The third kappa shape index (κ3) is 5.30. The first-order valence-electron chi connectivity index (χ1n) is 9.72. The fourth-order valence-electron chi connectivity index (χ4n) is 4.24. The van der Waals surface area contributed by atoms with E-state index in [1.54, 1.807) is 45.9 Å². The van der Waals surface area contributed by atoms with Crippen molar-refractivity contribution in [1.29, 1.82) is 0 Å². The summed E-state index contributed by atoms with van der Waals surface area (Å²) in [7, 11) is -3.65. The molecule has 1 amide bonds. The zero-order chi connectivity index (χ0) is 19.8. The third-order valence-electron chi connectivity index (χ3n) is 5.25. The van der Waals surface area contributed by atoms with E-state index in [2.05, 4.69) is 15.4 Å². The normalized spacial score (nSPS) is 25.4. The van der Waals surface area contributed by atoms with E-state index < -0.39 is 15.6 Å². The van der Waals surface area contributed by atoms with Gasteiger partial charge < -0.3 is 10.6 Å². The second-order valence-electron chi connectivity index (χ2n) is 9.06. The fourth-order valence-corrected chi connectivity index (χ4v) is 5.93. The summed E-state index contributed by atoms with van der Waals surface area (Å²) in [5.41, 5.74) is 0.607. The Labute approximate surface area is 162 Å². The van der Waals surface area contributed by atoms with Gasteiger partial charge in [0, 0.05) is 29.7 Å². The maximum absolute atomic E-state index is 12.7. The van der Waals surface area contributed by atoms with Crippen LogP contribution >= 0.6 is 0 Å². The molecular weight excluding hydrogens is 362 g/mol. The Kier molecular flexibility index (Phi) is 5.66. The maximum atomic E-state index is 12.7. The van der Waals surface area contributed by atoms with Crippen LogP contribution in [0.3, 0.4) is 0 Å². The summed E-state index contributed by atoms with van der Waals surface area (Å²) in [5.74, 6) is 0.359. The van der Waals surface area contributed by atoms with Crippen LogP contribution in [-0.2, 0) is 14.8 Å². The number of carbonyl (C=O) groups is 1. The molecule has 7 heteroatoms. The van der Waals surface area contributed by atoms with E-state index in [4.69, 9.17) is 0 Å². The lowest BCUT2D eigenvalue weighted by Crippen LogP contribution is -2.40. The van der Waals surface area contributed by atoms with Gasteiger partial charge in [-0.1, -0.05) is 6.07 Å². The molecule has 0 aliphatic carbocycles. The first-order valence-corrected chi connectivity index (χ1v) is 11.2. The summed E-state index contributed by atoms with van der Waals surface area (Å²) in [6, 6.07) is 6.16. The van der Waals surface area contributed by atoms with Gasteiger partial charge in [-0.2, -0.15) is 0 Å².